The Balaban J connectivity index is 1.66. The molecular formula is C33H25N2O+. The van der Waals surface area contributed by atoms with Crippen molar-refractivity contribution >= 4 is 21.9 Å². The van der Waals surface area contributed by atoms with Gasteiger partial charge in [-0.2, -0.15) is 5.26 Å². The molecule has 0 amide bonds. The van der Waals surface area contributed by atoms with Gasteiger partial charge in [0.2, 0.25) is 5.69 Å². The third-order valence-corrected chi connectivity index (χ3v) is 6.93. The summed E-state index contributed by atoms with van der Waals surface area (Å²) in [5.74, 6) is 0. The predicted molar refractivity (Wildman–Crippen MR) is 145 cm³/mol. The number of benzene rings is 4. The lowest BCUT2D eigenvalue weighted by atomic mass is 9.94. The molecule has 0 N–H and O–H groups in total. The quantitative estimate of drug-likeness (QED) is 0.249. The number of aryl methyl sites for hydroxylation is 3. The van der Waals surface area contributed by atoms with Gasteiger partial charge in [-0.3, -0.25) is 0 Å². The van der Waals surface area contributed by atoms with E-state index in [9.17, 15) is 5.26 Å². The summed E-state index contributed by atoms with van der Waals surface area (Å²) in [6, 6.07) is 33.5. The van der Waals surface area contributed by atoms with E-state index < -0.39 is 0 Å². The van der Waals surface area contributed by atoms with Crippen molar-refractivity contribution in [2.75, 3.05) is 0 Å². The van der Waals surface area contributed by atoms with Gasteiger partial charge in [-0.05, 0) is 60.4 Å². The molecule has 0 saturated heterocycles. The number of hydrogen-bond acceptors (Lipinski definition) is 2. The minimum atomic E-state index is 0.603. The van der Waals surface area contributed by atoms with Gasteiger partial charge in [-0.25, -0.2) is 4.57 Å². The van der Waals surface area contributed by atoms with Crippen LogP contribution < -0.4 is 4.57 Å². The van der Waals surface area contributed by atoms with Crippen LogP contribution >= 0.6 is 0 Å². The van der Waals surface area contributed by atoms with E-state index in [-0.39, 0.29) is 0 Å². The van der Waals surface area contributed by atoms with Crippen LogP contribution in [0.5, 0.6) is 0 Å². The Morgan fingerprint density at radius 3 is 2.14 bits per heavy atom. The minimum Gasteiger partial charge on any atom is -0.454 e. The lowest BCUT2D eigenvalue weighted by molar-refractivity contribution is -0.660. The number of aromatic nitrogens is 1. The maximum absolute atomic E-state index is 10.0. The second-order valence-electron chi connectivity index (χ2n) is 9.36. The first-order chi connectivity index (χ1) is 17.5. The van der Waals surface area contributed by atoms with E-state index in [4.69, 9.17) is 4.42 Å². The summed E-state index contributed by atoms with van der Waals surface area (Å²) in [4.78, 5) is 0. The second-order valence-corrected chi connectivity index (χ2v) is 9.36. The molecule has 0 aliphatic heterocycles. The summed E-state index contributed by atoms with van der Waals surface area (Å²) in [5.41, 5.74) is 10.8. The van der Waals surface area contributed by atoms with Crippen molar-refractivity contribution in [3.8, 4) is 39.6 Å². The number of nitrogens with zero attached hydrogens (tertiary/aromatic N) is 2. The van der Waals surface area contributed by atoms with Crippen molar-refractivity contribution in [1.82, 2.24) is 0 Å². The second kappa shape index (κ2) is 8.52. The Kier molecular flexibility index (Phi) is 5.16. The first-order valence-electron chi connectivity index (χ1n) is 12.1. The Bertz CT molecular complexity index is 1820. The number of nitriles is 1. The molecule has 0 aliphatic carbocycles. The highest BCUT2D eigenvalue weighted by Gasteiger charge is 2.23. The summed E-state index contributed by atoms with van der Waals surface area (Å²) in [6.45, 7) is 4.21. The minimum absolute atomic E-state index is 0.603. The van der Waals surface area contributed by atoms with Crippen LogP contribution in [-0.2, 0) is 7.05 Å². The molecule has 3 heteroatoms. The summed E-state index contributed by atoms with van der Waals surface area (Å²) in [7, 11) is 2.07. The van der Waals surface area contributed by atoms with Crippen LogP contribution in [-0.4, -0.2) is 0 Å². The Labute approximate surface area is 210 Å². The van der Waals surface area contributed by atoms with E-state index in [1.165, 1.54) is 5.56 Å². The third kappa shape index (κ3) is 3.47. The molecule has 36 heavy (non-hydrogen) atoms. The lowest BCUT2D eigenvalue weighted by Gasteiger charge is -2.08. The molecule has 0 aliphatic rings. The van der Waals surface area contributed by atoms with E-state index in [1.54, 1.807) is 0 Å². The van der Waals surface area contributed by atoms with Gasteiger partial charge in [0, 0.05) is 28.0 Å². The normalized spacial score (nSPS) is 11.2. The lowest BCUT2D eigenvalue weighted by Crippen LogP contribution is -2.31. The highest BCUT2D eigenvalue weighted by atomic mass is 16.3. The molecule has 3 nitrogen and oxygen atoms in total. The molecule has 0 bridgehead atoms. The fourth-order valence-electron chi connectivity index (χ4n) is 5.19. The molecule has 6 rings (SSSR count). The molecule has 0 saturated carbocycles. The summed E-state index contributed by atoms with van der Waals surface area (Å²) < 4.78 is 8.86. The highest BCUT2D eigenvalue weighted by Crippen LogP contribution is 2.42. The van der Waals surface area contributed by atoms with Crippen molar-refractivity contribution in [2.45, 2.75) is 13.8 Å². The molecular weight excluding hydrogens is 440 g/mol. The summed E-state index contributed by atoms with van der Waals surface area (Å²) in [5, 5.41) is 12.1. The van der Waals surface area contributed by atoms with Gasteiger partial charge in [0.1, 0.15) is 18.2 Å². The molecule has 0 radical (unpaired) electrons. The summed E-state index contributed by atoms with van der Waals surface area (Å²) in [6.07, 6.45) is 2.13. The molecule has 6 aromatic rings. The van der Waals surface area contributed by atoms with Crippen LogP contribution in [0.4, 0.5) is 0 Å². The SMILES string of the molecule is Cc1ccc(-c2c(C)ccc3c2oc2c(-c4cccc(-c5ccccc5)c4)c(C#N)ccc23)[n+](C)c1. The molecule has 2 aromatic heterocycles. The number of furan rings is 1. The fraction of sp³-hybridized carbons (Fsp3) is 0.0909. The smallest absolute Gasteiger partial charge is 0.216 e. The Hall–Kier alpha value is -4.68. The van der Waals surface area contributed by atoms with E-state index in [1.807, 2.05) is 36.4 Å². The van der Waals surface area contributed by atoms with Gasteiger partial charge in [0.15, 0.2) is 6.20 Å². The zero-order valence-electron chi connectivity index (χ0n) is 20.5. The van der Waals surface area contributed by atoms with Crippen LogP contribution in [0.2, 0.25) is 0 Å². The zero-order chi connectivity index (χ0) is 24.8. The maximum atomic E-state index is 10.0. The monoisotopic (exact) mass is 465 g/mol. The van der Waals surface area contributed by atoms with Crippen molar-refractivity contribution in [1.29, 1.82) is 5.26 Å². The third-order valence-electron chi connectivity index (χ3n) is 6.93. The predicted octanol–water partition coefficient (Wildman–Crippen LogP) is 7.90. The average Bonchev–Trinajstić information content (AvgIpc) is 3.28. The Morgan fingerprint density at radius 2 is 1.39 bits per heavy atom. The van der Waals surface area contributed by atoms with Gasteiger partial charge in [-0.15, -0.1) is 0 Å². The van der Waals surface area contributed by atoms with Gasteiger partial charge >= 0.3 is 0 Å². The number of fused-ring (bicyclic) bond motifs is 3. The van der Waals surface area contributed by atoms with Crippen LogP contribution in [0.25, 0.3) is 55.4 Å². The number of rotatable bonds is 3. The Morgan fingerprint density at radius 1 is 0.694 bits per heavy atom. The van der Waals surface area contributed by atoms with E-state index in [0.29, 0.717) is 5.56 Å². The first kappa shape index (κ1) is 21.8. The molecule has 0 atom stereocenters. The standard InChI is InChI=1S/C33H25N2O/c1-21-12-17-29(35(3)20-21)30-22(2)13-15-27-28-16-14-26(19-34)31(33(28)36-32(27)30)25-11-7-10-24(18-25)23-8-5-4-6-9-23/h4-18,20H,1-3H3/q+1. The fourth-order valence-corrected chi connectivity index (χ4v) is 5.19. The van der Waals surface area contributed by atoms with Crippen LogP contribution in [0.3, 0.4) is 0 Å². The topological polar surface area (TPSA) is 40.8 Å². The maximum Gasteiger partial charge on any atom is 0.216 e. The van der Waals surface area contributed by atoms with E-state index in [0.717, 1.165) is 61.0 Å². The largest absolute Gasteiger partial charge is 0.454 e. The molecule has 2 heterocycles. The van der Waals surface area contributed by atoms with Crippen LogP contribution in [0.15, 0.2) is 102 Å². The molecule has 0 unspecified atom stereocenters. The highest BCUT2D eigenvalue weighted by molar-refractivity contribution is 6.14. The van der Waals surface area contributed by atoms with Crippen LogP contribution in [0.1, 0.15) is 16.7 Å². The molecule has 172 valence electrons. The van der Waals surface area contributed by atoms with Crippen molar-refractivity contribution in [2.24, 2.45) is 7.05 Å². The van der Waals surface area contributed by atoms with Crippen LogP contribution in [0, 0.1) is 25.2 Å². The summed E-state index contributed by atoms with van der Waals surface area (Å²) >= 11 is 0. The molecule has 0 spiro atoms. The average molecular weight is 466 g/mol. The number of pyridine rings is 1. The van der Waals surface area contributed by atoms with Gasteiger partial charge in [0.25, 0.3) is 0 Å². The van der Waals surface area contributed by atoms with Crippen molar-refractivity contribution < 1.29 is 8.98 Å². The zero-order valence-corrected chi connectivity index (χ0v) is 20.5. The first-order valence-corrected chi connectivity index (χ1v) is 12.1. The van der Waals surface area contributed by atoms with Crippen molar-refractivity contribution in [3.05, 3.63) is 114 Å². The molecule has 4 aromatic carbocycles. The van der Waals surface area contributed by atoms with Gasteiger partial charge < -0.3 is 4.42 Å². The van der Waals surface area contributed by atoms with E-state index in [2.05, 4.69) is 92.3 Å². The van der Waals surface area contributed by atoms with Gasteiger partial charge in [0.05, 0.1) is 17.2 Å². The van der Waals surface area contributed by atoms with E-state index >= 15 is 0 Å². The van der Waals surface area contributed by atoms with Gasteiger partial charge in [-0.1, -0.05) is 60.7 Å². The molecule has 0 fully saturated rings. The van der Waals surface area contributed by atoms with Crippen molar-refractivity contribution in [3.63, 3.8) is 0 Å². The number of hydrogen-bond donors (Lipinski definition) is 0.